The zero-order valence-corrected chi connectivity index (χ0v) is 11.1. The van der Waals surface area contributed by atoms with Crippen LogP contribution in [0.15, 0.2) is 12.2 Å². The van der Waals surface area contributed by atoms with Crippen LogP contribution in [0.1, 0.15) is 78.1 Å². The summed E-state index contributed by atoms with van der Waals surface area (Å²) in [5.74, 6) is 0.325. The monoisotopic (exact) mass is 224 g/mol. The van der Waals surface area contributed by atoms with E-state index in [1.54, 1.807) is 6.92 Å². The second kappa shape index (κ2) is 12.5. The highest BCUT2D eigenvalue weighted by atomic mass is 16.1. The lowest BCUT2D eigenvalue weighted by Gasteiger charge is -1.96. The minimum Gasteiger partial charge on any atom is -0.300 e. The molecule has 94 valence electrons. The van der Waals surface area contributed by atoms with Crippen molar-refractivity contribution in [1.29, 1.82) is 0 Å². The van der Waals surface area contributed by atoms with Gasteiger partial charge in [-0.15, -0.1) is 0 Å². The van der Waals surface area contributed by atoms with E-state index in [4.69, 9.17) is 0 Å². The van der Waals surface area contributed by atoms with Gasteiger partial charge in [-0.05, 0) is 39.0 Å². The molecule has 0 heterocycles. The lowest BCUT2D eigenvalue weighted by molar-refractivity contribution is -0.117. The van der Waals surface area contributed by atoms with Crippen LogP contribution in [0.3, 0.4) is 0 Å². The van der Waals surface area contributed by atoms with E-state index >= 15 is 0 Å². The van der Waals surface area contributed by atoms with Crippen molar-refractivity contribution in [2.24, 2.45) is 0 Å². The Morgan fingerprint density at radius 1 is 0.875 bits per heavy atom. The summed E-state index contributed by atoms with van der Waals surface area (Å²) in [6, 6.07) is 0. The lowest BCUT2D eigenvalue weighted by atomic mass is 10.1. The lowest BCUT2D eigenvalue weighted by Crippen LogP contribution is -1.88. The van der Waals surface area contributed by atoms with E-state index in [1.807, 2.05) is 0 Å². The van der Waals surface area contributed by atoms with Crippen molar-refractivity contribution < 1.29 is 4.79 Å². The maximum absolute atomic E-state index is 10.7. The van der Waals surface area contributed by atoms with Gasteiger partial charge < -0.3 is 4.79 Å². The summed E-state index contributed by atoms with van der Waals surface area (Å²) in [4.78, 5) is 10.7. The van der Waals surface area contributed by atoms with E-state index < -0.39 is 0 Å². The Bertz CT molecular complexity index is 182. The normalized spacial score (nSPS) is 11.1. The van der Waals surface area contributed by atoms with Crippen molar-refractivity contribution in [1.82, 2.24) is 0 Å². The van der Waals surface area contributed by atoms with Crippen molar-refractivity contribution in [3.8, 4) is 0 Å². The van der Waals surface area contributed by atoms with Gasteiger partial charge in [0.2, 0.25) is 0 Å². The van der Waals surface area contributed by atoms with Crippen LogP contribution >= 0.6 is 0 Å². The number of hydrogen-bond acceptors (Lipinski definition) is 1. The molecule has 0 spiro atoms. The Labute approximate surface area is 101 Å². The Hall–Kier alpha value is -0.590. The summed E-state index contributed by atoms with van der Waals surface area (Å²) in [5, 5.41) is 0. The van der Waals surface area contributed by atoms with Crippen LogP contribution in [0.25, 0.3) is 0 Å². The average Bonchev–Trinajstić information content (AvgIpc) is 2.25. The zero-order valence-electron chi connectivity index (χ0n) is 11.1. The minimum absolute atomic E-state index is 0.325. The van der Waals surface area contributed by atoms with Crippen LogP contribution in [0, 0.1) is 0 Å². The third kappa shape index (κ3) is 13.4. The molecule has 0 amide bonds. The number of carbonyl (C=O) groups is 1. The molecule has 0 aromatic heterocycles. The van der Waals surface area contributed by atoms with Crippen molar-refractivity contribution in [2.75, 3.05) is 0 Å². The molecule has 16 heavy (non-hydrogen) atoms. The van der Waals surface area contributed by atoms with Crippen molar-refractivity contribution in [2.45, 2.75) is 78.1 Å². The van der Waals surface area contributed by atoms with Crippen LogP contribution in [0.2, 0.25) is 0 Å². The maximum Gasteiger partial charge on any atom is 0.129 e. The number of Topliss-reactive ketones (excluding diaryl/α,β-unsaturated/α-hetero) is 1. The summed E-state index contributed by atoms with van der Waals surface area (Å²) < 4.78 is 0. The second-order valence-electron chi connectivity index (χ2n) is 4.62. The first-order chi connectivity index (χ1) is 7.77. The molecular formula is C15H28O. The van der Waals surface area contributed by atoms with E-state index in [0.29, 0.717) is 5.78 Å². The van der Waals surface area contributed by atoms with Gasteiger partial charge in [0.05, 0.1) is 0 Å². The number of allylic oxidation sites excluding steroid dienone is 2. The quantitative estimate of drug-likeness (QED) is 0.354. The number of carbonyl (C=O) groups excluding carboxylic acids is 1. The van der Waals surface area contributed by atoms with E-state index in [1.165, 1.54) is 51.4 Å². The van der Waals surface area contributed by atoms with Crippen molar-refractivity contribution in [3.63, 3.8) is 0 Å². The van der Waals surface area contributed by atoms with Crippen LogP contribution < -0.4 is 0 Å². The number of unbranched alkanes of at least 4 members (excludes halogenated alkanes) is 7. The van der Waals surface area contributed by atoms with Gasteiger partial charge in [0.1, 0.15) is 5.78 Å². The summed E-state index contributed by atoms with van der Waals surface area (Å²) in [5.41, 5.74) is 0. The third-order valence-electron chi connectivity index (χ3n) is 2.79. The van der Waals surface area contributed by atoms with Crippen molar-refractivity contribution in [3.05, 3.63) is 12.2 Å². The first kappa shape index (κ1) is 15.4. The molecular weight excluding hydrogens is 196 g/mol. The molecule has 0 atom stereocenters. The molecule has 0 N–H and O–H groups in total. The standard InChI is InChI=1S/C15H28O/c1-3-4-5-6-7-8-9-10-11-12-13-14-15(2)16/h8-9H,3-7,10-14H2,1-2H3/b9-8+. The molecule has 0 saturated heterocycles. The van der Waals surface area contributed by atoms with Crippen LogP contribution in [0.4, 0.5) is 0 Å². The van der Waals surface area contributed by atoms with Gasteiger partial charge in [-0.2, -0.15) is 0 Å². The highest BCUT2D eigenvalue weighted by molar-refractivity contribution is 5.75. The zero-order chi connectivity index (χ0) is 12.1. The molecule has 0 aliphatic heterocycles. The SMILES string of the molecule is CCCCCC/C=C/CCCCCC(C)=O. The molecule has 0 radical (unpaired) electrons. The van der Waals surface area contributed by atoms with E-state index in [9.17, 15) is 4.79 Å². The molecule has 0 aliphatic carbocycles. The summed E-state index contributed by atoms with van der Waals surface area (Å²) in [6.45, 7) is 3.92. The molecule has 0 bridgehead atoms. The smallest absolute Gasteiger partial charge is 0.129 e. The minimum atomic E-state index is 0.325. The van der Waals surface area contributed by atoms with Gasteiger partial charge in [-0.1, -0.05) is 44.8 Å². The van der Waals surface area contributed by atoms with Gasteiger partial charge in [0, 0.05) is 6.42 Å². The first-order valence-electron chi connectivity index (χ1n) is 6.91. The summed E-state index contributed by atoms with van der Waals surface area (Å²) in [6.07, 6.45) is 16.7. The van der Waals surface area contributed by atoms with Gasteiger partial charge in [0.15, 0.2) is 0 Å². The van der Waals surface area contributed by atoms with Crippen molar-refractivity contribution >= 4 is 5.78 Å². The molecule has 0 aromatic carbocycles. The second-order valence-corrected chi connectivity index (χ2v) is 4.62. The third-order valence-corrected chi connectivity index (χ3v) is 2.79. The summed E-state index contributed by atoms with van der Waals surface area (Å²) in [7, 11) is 0. The Morgan fingerprint density at radius 2 is 1.44 bits per heavy atom. The fourth-order valence-corrected chi connectivity index (χ4v) is 1.74. The largest absolute Gasteiger partial charge is 0.300 e. The number of hydrogen-bond donors (Lipinski definition) is 0. The molecule has 0 fully saturated rings. The molecule has 0 unspecified atom stereocenters. The highest BCUT2D eigenvalue weighted by Crippen LogP contribution is 2.06. The van der Waals surface area contributed by atoms with Gasteiger partial charge in [0.25, 0.3) is 0 Å². The van der Waals surface area contributed by atoms with E-state index in [2.05, 4.69) is 19.1 Å². The molecule has 1 nitrogen and oxygen atoms in total. The fraction of sp³-hybridized carbons (Fsp3) is 0.800. The molecule has 1 heteroatoms. The summed E-state index contributed by atoms with van der Waals surface area (Å²) >= 11 is 0. The Kier molecular flexibility index (Phi) is 12.0. The Balaban J connectivity index is 3.06. The molecule has 0 rings (SSSR count). The maximum atomic E-state index is 10.7. The predicted octanol–water partition coefficient (Wildman–Crippen LogP) is 5.05. The molecule has 0 aromatic rings. The van der Waals surface area contributed by atoms with Crippen LogP contribution in [-0.4, -0.2) is 5.78 Å². The van der Waals surface area contributed by atoms with Gasteiger partial charge in [-0.25, -0.2) is 0 Å². The van der Waals surface area contributed by atoms with Crippen LogP contribution in [0.5, 0.6) is 0 Å². The van der Waals surface area contributed by atoms with Gasteiger partial charge in [-0.3, -0.25) is 0 Å². The molecule has 0 aliphatic rings. The Morgan fingerprint density at radius 3 is 1.94 bits per heavy atom. The van der Waals surface area contributed by atoms with E-state index in [0.717, 1.165) is 12.8 Å². The van der Waals surface area contributed by atoms with E-state index in [-0.39, 0.29) is 0 Å². The molecule has 0 saturated carbocycles. The fourth-order valence-electron chi connectivity index (χ4n) is 1.74. The average molecular weight is 224 g/mol. The topological polar surface area (TPSA) is 17.1 Å². The number of rotatable bonds is 11. The predicted molar refractivity (Wildman–Crippen MR) is 71.7 cm³/mol. The number of ketones is 1. The van der Waals surface area contributed by atoms with Crippen LogP contribution in [-0.2, 0) is 4.79 Å². The first-order valence-corrected chi connectivity index (χ1v) is 6.91. The van der Waals surface area contributed by atoms with Gasteiger partial charge >= 0.3 is 0 Å². The highest BCUT2D eigenvalue weighted by Gasteiger charge is 1.92.